The van der Waals surface area contributed by atoms with E-state index in [4.69, 9.17) is 0 Å². The minimum atomic E-state index is -4.93. The van der Waals surface area contributed by atoms with E-state index in [-0.39, 0.29) is 5.65 Å². The van der Waals surface area contributed by atoms with Crippen LogP contribution in [0.2, 0.25) is 0 Å². The van der Waals surface area contributed by atoms with Gasteiger partial charge in [0.2, 0.25) is 0 Å². The third-order valence-corrected chi connectivity index (χ3v) is 4.84. The van der Waals surface area contributed by atoms with E-state index in [1.54, 1.807) is 17.7 Å². The number of para-hydroxylation sites is 1. The van der Waals surface area contributed by atoms with E-state index >= 15 is 0 Å². The van der Waals surface area contributed by atoms with Gasteiger partial charge in [0.15, 0.2) is 5.65 Å². The molecule has 0 atom stereocenters. The monoisotopic (exact) mass is 414 g/mol. The van der Waals surface area contributed by atoms with E-state index < -0.39 is 44.1 Å². The third-order valence-electron chi connectivity index (χ3n) is 3.71. The van der Waals surface area contributed by atoms with Gasteiger partial charge in [0.05, 0.1) is 23.9 Å². The minimum Gasteiger partial charge on any atom is -0.465 e. The molecule has 8 nitrogen and oxygen atoms in total. The largest absolute Gasteiger partial charge is 0.465 e. The molecule has 0 aliphatic heterocycles. The van der Waals surface area contributed by atoms with Crippen LogP contribution in [0.1, 0.15) is 21.5 Å². The van der Waals surface area contributed by atoms with Crippen molar-refractivity contribution >= 4 is 27.3 Å². The van der Waals surface area contributed by atoms with Gasteiger partial charge in [0.1, 0.15) is 0 Å². The van der Waals surface area contributed by atoms with Gasteiger partial charge in [-0.2, -0.15) is 26.6 Å². The first-order valence-electron chi connectivity index (χ1n) is 7.67. The van der Waals surface area contributed by atoms with E-state index in [0.29, 0.717) is 6.07 Å². The summed E-state index contributed by atoms with van der Waals surface area (Å²) in [5.41, 5.74) is -1.95. The molecule has 0 bridgehead atoms. The van der Waals surface area contributed by atoms with Crippen LogP contribution in [0.4, 0.5) is 18.9 Å². The number of aryl methyl sites for hydroxylation is 1. The van der Waals surface area contributed by atoms with Crippen molar-refractivity contribution in [2.45, 2.75) is 18.3 Å². The Labute approximate surface area is 157 Å². The molecule has 0 saturated heterocycles. The lowest BCUT2D eigenvalue weighted by atomic mass is 10.1. The molecule has 1 aromatic carbocycles. The van der Waals surface area contributed by atoms with E-state index in [1.807, 2.05) is 0 Å². The van der Waals surface area contributed by atoms with Crippen molar-refractivity contribution in [1.82, 2.24) is 14.6 Å². The maximum Gasteiger partial charge on any atom is 0.418 e. The quantitative estimate of drug-likeness (QED) is 0.659. The predicted octanol–water partition coefficient (Wildman–Crippen LogP) is 2.64. The number of nitrogens with zero attached hydrogens (tertiary/aromatic N) is 3. The van der Waals surface area contributed by atoms with Gasteiger partial charge in [0, 0.05) is 6.20 Å². The van der Waals surface area contributed by atoms with Crippen LogP contribution in [0.25, 0.3) is 5.65 Å². The van der Waals surface area contributed by atoms with E-state index in [0.717, 1.165) is 24.8 Å². The molecule has 0 radical (unpaired) electrons. The van der Waals surface area contributed by atoms with Crippen molar-refractivity contribution in [3.05, 3.63) is 53.2 Å². The van der Waals surface area contributed by atoms with E-state index in [2.05, 4.69) is 14.8 Å². The number of anilines is 1. The summed E-state index contributed by atoms with van der Waals surface area (Å²) >= 11 is 0. The second-order valence-corrected chi connectivity index (χ2v) is 7.30. The van der Waals surface area contributed by atoms with Crippen LogP contribution in [0.15, 0.2) is 41.7 Å². The number of ether oxygens (including phenoxy) is 1. The highest BCUT2D eigenvalue weighted by atomic mass is 32.2. The molecule has 3 rings (SSSR count). The Bertz CT molecular complexity index is 1170. The van der Waals surface area contributed by atoms with Crippen LogP contribution in [0.3, 0.4) is 0 Å². The molecule has 148 valence electrons. The average Bonchev–Trinajstić information content (AvgIpc) is 3.04. The molecule has 3 aromatic rings. The van der Waals surface area contributed by atoms with Crippen molar-refractivity contribution in [3.8, 4) is 0 Å². The Morgan fingerprint density at radius 2 is 1.93 bits per heavy atom. The molecule has 1 N–H and O–H groups in total. The highest BCUT2D eigenvalue weighted by Crippen LogP contribution is 2.37. The highest BCUT2D eigenvalue weighted by molar-refractivity contribution is 7.92. The number of hydrogen-bond donors (Lipinski definition) is 1. The van der Waals surface area contributed by atoms with Crippen molar-refractivity contribution in [2.75, 3.05) is 11.8 Å². The van der Waals surface area contributed by atoms with E-state index in [9.17, 15) is 26.4 Å². The first-order valence-corrected chi connectivity index (χ1v) is 9.15. The number of esters is 1. The third kappa shape index (κ3) is 3.63. The summed E-state index contributed by atoms with van der Waals surface area (Å²) in [7, 11) is -3.67. The van der Waals surface area contributed by atoms with Gasteiger partial charge in [-0.05, 0) is 30.7 Å². The fourth-order valence-electron chi connectivity index (χ4n) is 2.44. The number of hydrogen-bond acceptors (Lipinski definition) is 6. The Hall–Kier alpha value is -3.15. The van der Waals surface area contributed by atoms with Gasteiger partial charge in [0.25, 0.3) is 15.2 Å². The van der Waals surface area contributed by atoms with Crippen molar-refractivity contribution in [3.63, 3.8) is 0 Å². The molecular formula is C16H13F3N4O4S. The number of methoxy groups -OCH3 is 1. The lowest BCUT2D eigenvalue weighted by molar-refractivity contribution is -0.136. The van der Waals surface area contributed by atoms with Gasteiger partial charge in [-0.25, -0.2) is 9.31 Å². The van der Waals surface area contributed by atoms with Crippen molar-refractivity contribution in [2.24, 2.45) is 0 Å². The number of alkyl halides is 3. The van der Waals surface area contributed by atoms with Gasteiger partial charge < -0.3 is 4.74 Å². The zero-order chi connectivity index (χ0) is 20.7. The Morgan fingerprint density at radius 3 is 2.57 bits per heavy atom. The maximum absolute atomic E-state index is 13.4. The lowest BCUT2D eigenvalue weighted by Gasteiger charge is -2.16. The molecule has 28 heavy (non-hydrogen) atoms. The second kappa shape index (κ2) is 6.78. The topological polar surface area (TPSA) is 103 Å². The smallest absolute Gasteiger partial charge is 0.418 e. The van der Waals surface area contributed by atoms with Gasteiger partial charge in [-0.15, -0.1) is 5.10 Å². The number of carbonyl (C=O) groups excluding carboxylic acids is 1. The maximum atomic E-state index is 13.4. The number of aromatic nitrogens is 3. The molecule has 0 saturated carbocycles. The Morgan fingerprint density at radius 1 is 1.21 bits per heavy atom. The van der Waals surface area contributed by atoms with Crippen LogP contribution in [-0.4, -0.2) is 36.1 Å². The molecule has 0 amide bonds. The van der Waals surface area contributed by atoms with Crippen LogP contribution in [-0.2, 0) is 20.9 Å². The number of halogens is 3. The number of pyridine rings is 1. The SMILES string of the molecule is COC(=O)c1cccc(C(F)(F)F)c1NS(=O)(=O)c1nc2ccc(C)cn2n1. The molecule has 2 aromatic heterocycles. The molecule has 0 unspecified atom stereocenters. The predicted molar refractivity (Wildman–Crippen MR) is 91.3 cm³/mol. The Balaban J connectivity index is 2.13. The number of fused-ring (bicyclic) bond motifs is 1. The molecule has 0 spiro atoms. The summed E-state index contributed by atoms with van der Waals surface area (Å²) < 4.78 is 72.8. The number of rotatable bonds is 4. The summed E-state index contributed by atoms with van der Waals surface area (Å²) in [5.74, 6) is -1.14. The standard InChI is InChI=1S/C16H13F3N4O4S/c1-9-6-7-12-20-15(21-23(12)8-9)28(25,26)22-13-10(14(24)27-2)4-3-5-11(13)16(17,18)19/h3-8,22H,1-2H3. The number of benzene rings is 1. The van der Waals surface area contributed by atoms with Crippen LogP contribution in [0, 0.1) is 6.92 Å². The average molecular weight is 414 g/mol. The molecule has 0 aliphatic carbocycles. The normalized spacial score (nSPS) is 12.2. The summed E-state index contributed by atoms with van der Waals surface area (Å²) in [6, 6.07) is 5.80. The summed E-state index contributed by atoms with van der Waals surface area (Å²) in [6.45, 7) is 1.75. The fourth-order valence-corrected chi connectivity index (χ4v) is 3.43. The fraction of sp³-hybridized carbons (Fsp3) is 0.188. The number of carbonyl (C=O) groups is 1. The van der Waals surface area contributed by atoms with Crippen LogP contribution >= 0.6 is 0 Å². The summed E-state index contributed by atoms with van der Waals surface area (Å²) in [5, 5.41) is 3.04. The molecule has 0 aliphatic rings. The van der Waals surface area contributed by atoms with Gasteiger partial charge >= 0.3 is 12.1 Å². The lowest BCUT2D eigenvalue weighted by Crippen LogP contribution is -2.21. The minimum absolute atomic E-state index is 0.184. The molecule has 12 heteroatoms. The zero-order valence-corrected chi connectivity index (χ0v) is 15.3. The summed E-state index contributed by atoms with van der Waals surface area (Å²) in [6.07, 6.45) is -3.42. The Kier molecular flexibility index (Phi) is 4.75. The molecular weight excluding hydrogens is 401 g/mol. The van der Waals surface area contributed by atoms with Crippen molar-refractivity contribution in [1.29, 1.82) is 0 Å². The van der Waals surface area contributed by atoms with Crippen molar-refractivity contribution < 1.29 is 31.1 Å². The number of nitrogens with one attached hydrogen (secondary N) is 1. The summed E-state index contributed by atoms with van der Waals surface area (Å²) in [4.78, 5) is 15.7. The highest BCUT2D eigenvalue weighted by Gasteiger charge is 2.37. The first-order chi connectivity index (χ1) is 13.0. The first kappa shape index (κ1) is 19.6. The van der Waals surface area contributed by atoms with E-state index in [1.165, 1.54) is 16.8 Å². The van der Waals surface area contributed by atoms with Gasteiger partial charge in [-0.1, -0.05) is 12.1 Å². The van der Waals surface area contributed by atoms with Crippen LogP contribution < -0.4 is 4.72 Å². The molecule has 2 heterocycles. The van der Waals surface area contributed by atoms with Gasteiger partial charge in [-0.3, -0.25) is 4.72 Å². The molecule has 0 fully saturated rings. The number of sulfonamides is 1. The van der Waals surface area contributed by atoms with Crippen LogP contribution in [0.5, 0.6) is 0 Å². The zero-order valence-electron chi connectivity index (χ0n) is 14.5. The second-order valence-electron chi connectivity index (χ2n) is 5.73.